The van der Waals surface area contributed by atoms with Crippen LogP contribution >= 0.6 is 0 Å². The number of piperazine rings is 1. The molecule has 0 bridgehead atoms. The fraction of sp³-hybridized carbons (Fsp3) is 0.562. The number of aliphatic carboxylic acids is 1. The van der Waals surface area contributed by atoms with E-state index in [9.17, 15) is 4.79 Å². The average molecular weight is 276 g/mol. The van der Waals surface area contributed by atoms with Crippen LogP contribution in [0.4, 0.5) is 0 Å². The summed E-state index contributed by atoms with van der Waals surface area (Å²) in [7, 11) is 2.18. The maximum Gasteiger partial charge on any atom is 0.307 e. The summed E-state index contributed by atoms with van der Waals surface area (Å²) in [6.45, 7) is 6.28. The zero-order chi connectivity index (χ0) is 14.5. The zero-order valence-corrected chi connectivity index (χ0v) is 12.4. The molecule has 0 spiro atoms. The molecule has 1 N–H and O–H groups in total. The van der Waals surface area contributed by atoms with E-state index in [1.807, 2.05) is 18.2 Å². The Bertz CT molecular complexity index is 462. The molecule has 1 aromatic rings. The van der Waals surface area contributed by atoms with Crippen molar-refractivity contribution in [2.45, 2.75) is 32.4 Å². The minimum absolute atomic E-state index is 0.112. The van der Waals surface area contributed by atoms with Crippen molar-refractivity contribution in [3.05, 3.63) is 35.4 Å². The SMILES string of the molecule is CCC1CN(Cc2ccccc2CC(=O)O)CCN1C. The lowest BCUT2D eigenvalue weighted by atomic mass is 10.0. The Morgan fingerprint density at radius 2 is 2.00 bits per heavy atom. The number of hydrogen-bond acceptors (Lipinski definition) is 3. The van der Waals surface area contributed by atoms with Gasteiger partial charge < -0.3 is 10.0 Å². The summed E-state index contributed by atoms with van der Waals surface area (Å²) in [5, 5.41) is 8.99. The van der Waals surface area contributed by atoms with Crippen molar-refractivity contribution >= 4 is 5.97 Å². The highest BCUT2D eigenvalue weighted by Crippen LogP contribution is 2.17. The third-order valence-electron chi connectivity index (χ3n) is 4.19. The van der Waals surface area contributed by atoms with Crippen LogP contribution in [0.2, 0.25) is 0 Å². The fourth-order valence-electron chi connectivity index (χ4n) is 2.88. The molecule has 0 amide bonds. The van der Waals surface area contributed by atoms with Crippen LogP contribution in [0.1, 0.15) is 24.5 Å². The van der Waals surface area contributed by atoms with Crippen molar-refractivity contribution in [2.24, 2.45) is 0 Å². The van der Waals surface area contributed by atoms with Crippen LogP contribution in [0.5, 0.6) is 0 Å². The summed E-state index contributed by atoms with van der Waals surface area (Å²) in [6.07, 6.45) is 1.27. The lowest BCUT2D eigenvalue weighted by Crippen LogP contribution is -2.50. The molecule has 4 nitrogen and oxygen atoms in total. The van der Waals surface area contributed by atoms with Crippen LogP contribution in [0.25, 0.3) is 0 Å². The highest BCUT2D eigenvalue weighted by Gasteiger charge is 2.23. The number of hydrogen-bond donors (Lipinski definition) is 1. The summed E-state index contributed by atoms with van der Waals surface area (Å²) in [5.74, 6) is -0.762. The molecule has 110 valence electrons. The van der Waals surface area contributed by atoms with Gasteiger partial charge in [-0.15, -0.1) is 0 Å². The predicted molar refractivity (Wildman–Crippen MR) is 79.8 cm³/mol. The smallest absolute Gasteiger partial charge is 0.307 e. The molecular weight excluding hydrogens is 252 g/mol. The topological polar surface area (TPSA) is 43.8 Å². The molecule has 1 atom stereocenters. The second kappa shape index (κ2) is 6.86. The van der Waals surface area contributed by atoms with Gasteiger partial charge in [-0.2, -0.15) is 0 Å². The maximum atomic E-state index is 10.9. The number of likely N-dealkylation sites (N-methyl/N-ethyl adjacent to an activating group) is 1. The van der Waals surface area contributed by atoms with Crippen molar-refractivity contribution in [1.29, 1.82) is 0 Å². The molecule has 1 heterocycles. The number of nitrogens with zero attached hydrogens (tertiary/aromatic N) is 2. The normalized spacial score (nSPS) is 21.0. The third kappa shape index (κ3) is 3.81. The largest absolute Gasteiger partial charge is 0.481 e. The molecule has 1 saturated heterocycles. The van der Waals surface area contributed by atoms with Crippen molar-refractivity contribution in [2.75, 3.05) is 26.7 Å². The molecule has 0 aliphatic carbocycles. The summed E-state index contributed by atoms with van der Waals surface area (Å²) in [4.78, 5) is 15.8. The Labute approximate surface area is 121 Å². The maximum absolute atomic E-state index is 10.9. The van der Waals surface area contributed by atoms with E-state index < -0.39 is 5.97 Å². The van der Waals surface area contributed by atoms with Gasteiger partial charge in [-0.1, -0.05) is 31.2 Å². The zero-order valence-electron chi connectivity index (χ0n) is 12.4. The van der Waals surface area contributed by atoms with E-state index in [-0.39, 0.29) is 6.42 Å². The Balaban J connectivity index is 2.04. The van der Waals surface area contributed by atoms with E-state index in [1.54, 1.807) is 0 Å². The van der Waals surface area contributed by atoms with Gasteiger partial charge in [0.05, 0.1) is 6.42 Å². The van der Waals surface area contributed by atoms with E-state index in [2.05, 4.69) is 29.8 Å². The molecule has 0 radical (unpaired) electrons. The van der Waals surface area contributed by atoms with E-state index in [0.29, 0.717) is 6.04 Å². The average Bonchev–Trinajstić information content (AvgIpc) is 2.42. The second-order valence-corrected chi connectivity index (χ2v) is 5.62. The molecule has 1 fully saturated rings. The summed E-state index contributed by atoms with van der Waals surface area (Å²) in [5.41, 5.74) is 2.08. The molecule has 0 saturated carbocycles. The van der Waals surface area contributed by atoms with Gasteiger partial charge in [-0.25, -0.2) is 0 Å². The molecule has 4 heteroatoms. The summed E-state index contributed by atoms with van der Waals surface area (Å²) >= 11 is 0. The standard InChI is InChI=1S/C16H24N2O2/c1-3-15-12-18(9-8-17(15)2)11-14-7-5-4-6-13(14)10-16(19)20/h4-7,15H,3,8-12H2,1-2H3,(H,19,20). The Hall–Kier alpha value is -1.39. The van der Waals surface area contributed by atoms with Crippen LogP contribution < -0.4 is 0 Å². The molecule has 1 aliphatic rings. The molecule has 0 aromatic heterocycles. The van der Waals surface area contributed by atoms with Gasteiger partial charge in [0.25, 0.3) is 0 Å². The van der Waals surface area contributed by atoms with Crippen LogP contribution in [0.3, 0.4) is 0 Å². The molecule has 1 aromatic carbocycles. The highest BCUT2D eigenvalue weighted by atomic mass is 16.4. The van der Waals surface area contributed by atoms with Gasteiger partial charge >= 0.3 is 5.97 Å². The van der Waals surface area contributed by atoms with Crippen molar-refractivity contribution in [3.8, 4) is 0 Å². The number of rotatable bonds is 5. The second-order valence-electron chi connectivity index (χ2n) is 5.62. The van der Waals surface area contributed by atoms with Crippen LogP contribution in [-0.2, 0) is 17.8 Å². The highest BCUT2D eigenvalue weighted by molar-refractivity contribution is 5.70. The number of carbonyl (C=O) groups is 1. The van der Waals surface area contributed by atoms with Gasteiger partial charge in [0.15, 0.2) is 0 Å². The van der Waals surface area contributed by atoms with Crippen LogP contribution in [0, 0.1) is 0 Å². The first kappa shape index (κ1) is 15.0. The van der Waals surface area contributed by atoms with Gasteiger partial charge in [0.1, 0.15) is 0 Å². The Morgan fingerprint density at radius 3 is 2.65 bits per heavy atom. The Morgan fingerprint density at radius 1 is 1.30 bits per heavy atom. The molecule has 2 rings (SSSR count). The van der Waals surface area contributed by atoms with Crippen molar-refractivity contribution < 1.29 is 9.90 Å². The van der Waals surface area contributed by atoms with Crippen LogP contribution in [0.15, 0.2) is 24.3 Å². The monoisotopic (exact) mass is 276 g/mol. The van der Waals surface area contributed by atoms with Gasteiger partial charge in [0.2, 0.25) is 0 Å². The lowest BCUT2D eigenvalue weighted by molar-refractivity contribution is -0.136. The third-order valence-corrected chi connectivity index (χ3v) is 4.19. The lowest BCUT2D eigenvalue weighted by Gasteiger charge is -2.39. The van der Waals surface area contributed by atoms with Crippen molar-refractivity contribution in [1.82, 2.24) is 9.80 Å². The molecule has 20 heavy (non-hydrogen) atoms. The van der Waals surface area contributed by atoms with E-state index in [4.69, 9.17) is 5.11 Å². The minimum atomic E-state index is -0.762. The quantitative estimate of drug-likeness (QED) is 0.891. The first-order chi connectivity index (χ1) is 9.60. The van der Waals surface area contributed by atoms with E-state index in [1.165, 1.54) is 0 Å². The van der Waals surface area contributed by atoms with Gasteiger partial charge in [-0.05, 0) is 24.6 Å². The van der Waals surface area contributed by atoms with Crippen LogP contribution in [-0.4, -0.2) is 53.6 Å². The van der Waals surface area contributed by atoms with Crippen molar-refractivity contribution in [3.63, 3.8) is 0 Å². The van der Waals surface area contributed by atoms with E-state index >= 15 is 0 Å². The molecular formula is C16H24N2O2. The van der Waals surface area contributed by atoms with E-state index in [0.717, 1.165) is 43.7 Å². The minimum Gasteiger partial charge on any atom is -0.481 e. The van der Waals surface area contributed by atoms with Gasteiger partial charge in [-0.3, -0.25) is 9.69 Å². The molecule has 1 unspecified atom stereocenters. The number of carboxylic acids is 1. The van der Waals surface area contributed by atoms with Gasteiger partial charge in [0, 0.05) is 32.2 Å². The summed E-state index contributed by atoms with van der Waals surface area (Å²) in [6, 6.07) is 8.50. The number of benzene rings is 1. The predicted octanol–water partition coefficient (Wildman–Crippen LogP) is 1.84. The Kier molecular flexibility index (Phi) is 5.15. The first-order valence-electron chi connectivity index (χ1n) is 7.31. The number of carboxylic acid groups (broad SMARTS) is 1. The summed E-state index contributed by atoms with van der Waals surface area (Å²) < 4.78 is 0. The molecule has 1 aliphatic heterocycles. The first-order valence-corrected chi connectivity index (χ1v) is 7.31. The fourth-order valence-corrected chi connectivity index (χ4v) is 2.88.